The Morgan fingerprint density at radius 2 is 1.92 bits per heavy atom. The molecule has 0 aliphatic rings. The smallest absolute Gasteiger partial charge is 0.122 e. The first-order valence-electron chi connectivity index (χ1n) is 7.95. The molecule has 0 aliphatic carbocycles. The Kier molecular flexibility index (Phi) is 6.21. The van der Waals surface area contributed by atoms with Crippen molar-refractivity contribution in [1.82, 2.24) is 0 Å². The lowest BCUT2D eigenvalue weighted by atomic mass is 10.0. The zero-order chi connectivity index (χ0) is 17.5. The van der Waals surface area contributed by atoms with Gasteiger partial charge in [0.05, 0.1) is 7.11 Å². The van der Waals surface area contributed by atoms with Gasteiger partial charge in [-0.15, -0.1) is 0 Å². The Labute approximate surface area is 143 Å². The maximum atomic E-state index is 10.2. The molecular weight excluding hydrogens is 300 g/mol. The van der Waals surface area contributed by atoms with Crippen LogP contribution in [-0.2, 0) is 6.42 Å². The van der Waals surface area contributed by atoms with Crippen LogP contribution in [0.5, 0.6) is 11.5 Å². The molecule has 126 valence electrons. The molecule has 3 nitrogen and oxygen atoms in total. The van der Waals surface area contributed by atoms with Crippen LogP contribution in [-0.4, -0.2) is 17.3 Å². The number of phenols is 1. The van der Waals surface area contributed by atoms with E-state index in [2.05, 4.69) is 19.9 Å². The predicted molar refractivity (Wildman–Crippen MR) is 98.2 cm³/mol. The van der Waals surface area contributed by atoms with Crippen molar-refractivity contribution in [3.63, 3.8) is 0 Å². The van der Waals surface area contributed by atoms with Crippen molar-refractivity contribution in [1.29, 1.82) is 0 Å². The van der Waals surface area contributed by atoms with Crippen molar-refractivity contribution in [3.05, 3.63) is 76.9 Å². The van der Waals surface area contributed by atoms with Crippen LogP contribution in [0.15, 0.2) is 60.2 Å². The van der Waals surface area contributed by atoms with Crippen LogP contribution in [0.3, 0.4) is 0 Å². The molecule has 0 amide bonds. The van der Waals surface area contributed by atoms with Gasteiger partial charge >= 0.3 is 0 Å². The molecular formula is C21H24O3. The van der Waals surface area contributed by atoms with Crippen LogP contribution in [0, 0.1) is 0 Å². The minimum Gasteiger partial charge on any atom is -0.508 e. The van der Waals surface area contributed by atoms with Gasteiger partial charge in [-0.25, -0.2) is 0 Å². The standard InChI is InChI=1S/C21H24O3/c1-15(2)8-11-17-14-16(10-13-21(17)24-3)9-12-20(23)18-6-4-5-7-19(18)22/h4-10,12-14,20,22-23H,11H2,1-3H3/b12-9+. The van der Waals surface area contributed by atoms with Crippen LogP contribution in [0.4, 0.5) is 0 Å². The minimum absolute atomic E-state index is 0.0913. The highest BCUT2D eigenvalue weighted by atomic mass is 16.5. The fourth-order valence-corrected chi connectivity index (χ4v) is 2.42. The summed E-state index contributed by atoms with van der Waals surface area (Å²) >= 11 is 0. The fourth-order valence-electron chi connectivity index (χ4n) is 2.42. The normalized spacial score (nSPS) is 12.2. The number of hydrogen-bond donors (Lipinski definition) is 2. The Hall–Kier alpha value is -2.52. The number of allylic oxidation sites excluding steroid dienone is 2. The van der Waals surface area contributed by atoms with Crippen LogP contribution < -0.4 is 4.74 Å². The maximum Gasteiger partial charge on any atom is 0.122 e. The van der Waals surface area contributed by atoms with Crippen molar-refractivity contribution in [2.75, 3.05) is 7.11 Å². The van der Waals surface area contributed by atoms with Crippen molar-refractivity contribution in [2.45, 2.75) is 26.4 Å². The second-order valence-corrected chi connectivity index (χ2v) is 5.92. The summed E-state index contributed by atoms with van der Waals surface area (Å²) in [6, 6.07) is 12.7. The van der Waals surface area contributed by atoms with Gasteiger partial charge in [-0.1, -0.05) is 48.1 Å². The molecule has 0 heterocycles. The van der Waals surface area contributed by atoms with E-state index in [4.69, 9.17) is 4.74 Å². The summed E-state index contributed by atoms with van der Waals surface area (Å²) in [5, 5.41) is 20.0. The lowest BCUT2D eigenvalue weighted by molar-refractivity contribution is 0.224. The molecule has 0 spiro atoms. The van der Waals surface area contributed by atoms with Crippen molar-refractivity contribution in [3.8, 4) is 11.5 Å². The lowest BCUT2D eigenvalue weighted by Gasteiger charge is -2.10. The molecule has 0 bridgehead atoms. The number of phenolic OH excluding ortho intramolecular Hbond substituents is 1. The highest BCUT2D eigenvalue weighted by Crippen LogP contribution is 2.26. The topological polar surface area (TPSA) is 49.7 Å². The van der Waals surface area contributed by atoms with Crippen LogP contribution in [0.1, 0.15) is 36.6 Å². The highest BCUT2D eigenvalue weighted by Gasteiger charge is 2.08. The van der Waals surface area contributed by atoms with E-state index in [-0.39, 0.29) is 5.75 Å². The first-order valence-corrected chi connectivity index (χ1v) is 7.95. The first-order chi connectivity index (χ1) is 11.5. The van der Waals surface area contributed by atoms with Gasteiger partial charge in [-0.3, -0.25) is 0 Å². The van der Waals surface area contributed by atoms with Gasteiger partial charge in [0.2, 0.25) is 0 Å². The molecule has 2 rings (SSSR count). The molecule has 3 heteroatoms. The average molecular weight is 324 g/mol. The summed E-state index contributed by atoms with van der Waals surface area (Å²) in [4.78, 5) is 0. The Morgan fingerprint density at radius 1 is 1.17 bits per heavy atom. The molecule has 0 aromatic heterocycles. The Morgan fingerprint density at radius 3 is 2.58 bits per heavy atom. The number of aliphatic hydroxyl groups excluding tert-OH is 1. The van der Waals surface area contributed by atoms with Crippen molar-refractivity contribution in [2.24, 2.45) is 0 Å². The number of methoxy groups -OCH3 is 1. The molecule has 2 aromatic carbocycles. The van der Waals surface area contributed by atoms with Crippen LogP contribution in [0.2, 0.25) is 0 Å². The number of aliphatic hydroxyl groups is 1. The Bertz CT molecular complexity index is 740. The molecule has 0 radical (unpaired) electrons. The summed E-state index contributed by atoms with van der Waals surface area (Å²) in [6.07, 6.45) is 5.62. The van der Waals surface area contributed by atoms with Gasteiger partial charge in [-0.2, -0.15) is 0 Å². The SMILES string of the molecule is COc1ccc(/C=C/C(O)c2ccccc2O)cc1CC=C(C)C. The zero-order valence-corrected chi connectivity index (χ0v) is 14.4. The zero-order valence-electron chi connectivity index (χ0n) is 14.4. The number of hydrogen-bond acceptors (Lipinski definition) is 3. The number of ether oxygens (including phenoxy) is 1. The minimum atomic E-state index is -0.852. The summed E-state index contributed by atoms with van der Waals surface area (Å²) in [5.41, 5.74) is 3.82. The molecule has 0 saturated heterocycles. The third-order valence-corrected chi connectivity index (χ3v) is 3.76. The third kappa shape index (κ3) is 4.74. The first kappa shape index (κ1) is 17.8. The number of benzene rings is 2. The fraction of sp³-hybridized carbons (Fsp3) is 0.238. The average Bonchev–Trinajstić information content (AvgIpc) is 2.58. The Balaban J connectivity index is 2.21. The maximum absolute atomic E-state index is 10.2. The van der Waals surface area contributed by atoms with Crippen LogP contribution in [0.25, 0.3) is 6.08 Å². The number of aromatic hydroxyl groups is 1. The summed E-state index contributed by atoms with van der Waals surface area (Å²) in [5.74, 6) is 0.944. The number of rotatable bonds is 6. The largest absolute Gasteiger partial charge is 0.508 e. The van der Waals surface area contributed by atoms with Gasteiger partial charge in [0.25, 0.3) is 0 Å². The second kappa shape index (κ2) is 8.37. The monoisotopic (exact) mass is 324 g/mol. The van der Waals surface area contributed by atoms with Crippen molar-refractivity contribution < 1.29 is 14.9 Å². The van der Waals surface area contributed by atoms with E-state index >= 15 is 0 Å². The molecule has 1 unspecified atom stereocenters. The predicted octanol–water partition coefficient (Wildman–Crippen LogP) is 4.66. The van der Waals surface area contributed by atoms with Gasteiger partial charge in [0.1, 0.15) is 17.6 Å². The third-order valence-electron chi connectivity index (χ3n) is 3.76. The van der Waals surface area contributed by atoms with E-state index in [0.29, 0.717) is 5.56 Å². The van der Waals surface area contributed by atoms with Gasteiger partial charge in [0.15, 0.2) is 0 Å². The lowest BCUT2D eigenvalue weighted by Crippen LogP contribution is -1.94. The molecule has 0 saturated carbocycles. The molecule has 0 fully saturated rings. The van der Waals surface area contributed by atoms with E-state index in [0.717, 1.165) is 23.3 Å². The van der Waals surface area contributed by atoms with Crippen LogP contribution >= 0.6 is 0 Å². The van der Waals surface area contributed by atoms with E-state index in [9.17, 15) is 10.2 Å². The molecule has 1 atom stereocenters. The van der Waals surface area contributed by atoms with Gasteiger partial charge < -0.3 is 14.9 Å². The molecule has 2 aromatic rings. The van der Waals surface area contributed by atoms with Gasteiger partial charge in [-0.05, 0) is 49.6 Å². The molecule has 2 N–H and O–H groups in total. The highest BCUT2D eigenvalue weighted by molar-refractivity contribution is 5.55. The van der Waals surface area contributed by atoms with Crippen molar-refractivity contribution >= 4 is 6.08 Å². The van der Waals surface area contributed by atoms with E-state index < -0.39 is 6.10 Å². The molecule has 0 aliphatic heterocycles. The van der Waals surface area contributed by atoms with E-state index in [1.165, 1.54) is 5.57 Å². The number of para-hydroxylation sites is 1. The second-order valence-electron chi connectivity index (χ2n) is 5.92. The van der Waals surface area contributed by atoms with Gasteiger partial charge in [0, 0.05) is 5.56 Å². The summed E-state index contributed by atoms with van der Waals surface area (Å²) < 4.78 is 5.41. The summed E-state index contributed by atoms with van der Waals surface area (Å²) in [7, 11) is 1.67. The quantitative estimate of drug-likeness (QED) is 0.760. The summed E-state index contributed by atoms with van der Waals surface area (Å²) in [6.45, 7) is 4.14. The molecule has 24 heavy (non-hydrogen) atoms. The van der Waals surface area contributed by atoms with E-state index in [1.54, 1.807) is 37.5 Å². The van der Waals surface area contributed by atoms with E-state index in [1.807, 2.05) is 24.3 Å².